The maximum atomic E-state index is 12.4. The van der Waals surface area contributed by atoms with Crippen molar-refractivity contribution in [3.8, 4) is 0 Å². The van der Waals surface area contributed by atoms with Gasteiger partial charge >= 0.3 is 0 Å². The van der Waals surface area contributed by atoms with E-state index in [4.69, 9.17) is 5.73 Å². The van der Waals surface area contributed by atoms with Crippen LogP contribution in [0.25, 0.3) is 0 Å². The average Bonchev–Trinajstić information content (AvgIpc) is 2.69. The van der Waals surface area contributed by atoms with Crippen molar-refractivity contribution in [1.29, 1.82) is 0 Å². The van der Waals surface area contributed by atoms with E-state index in [9.17, 15) is 4.79 Å². The zero-order valence-corrected chi connectivity index (χ0v) is 10.4. The van der Waals surface area contributed by atoms with Crippen LogP contribution in [0.3, 0.4) is 0 Å². The third kappa shape index (κ3) is 2.35. The van der Waals surface area contributed by atoms with Gasteiger partial charge in [0, 0.05) is 25.8 Å². The Hall–Kier alpha value is -1.71. The lowest BCUT2D eigenvalue weighted by Crippen LogP contribution is -2.36. The van der Waals surface area contributed by atoms with E-state index in [-0.39, 0.29) is 5.91 Å². The van der Waals surface area contributed by atoms with Gasteiger partial charge in [-0.3, -0.25) is 4.79 Å². The van der Waals surface area contributed by atoms with Crippen molar-refractivity contribution in [2.75, 3.05) is 18.8 Å². The number of nitrogens with two attached hydrogens (primary N) is 1. The number of hydrogen-bond donors (Lipinski definition) is 1. The fourth-order valence-corrected chi connectivity index (χ4v) is 2.22. The second-order valence-electron chi connectivity index (χ2n) is 4.51. The van der Waals surface area contributed by atoms with Crippen molar-refractivity contribution in [1.82, 2.24) is 9.47 Å². The van der Waals surface area contributed by atoms with Crippen LogP contribution in [0.4, 0.5) is 5.69 Å². The first-order valence-electron chi connectivity index (χ1n) is 6.02. The van der Waals surface area contributed by atoms with Crippen LogP contribution in [0.1, 0.15) is 30.8 Å². The molecular formula is C13H19N3O. The van der Waals surface area contributed by atoms with Crippen molar-refractivity contribution in [2.24, 2.45) is 0 Å². The number of amides is 1. The molecular weight excluding hydrogens is 214 g/mol. The van der Waals surface area contributed by atoms with Gasteiger partial charge < -0.3 is 15.2 Å². The van der Waals surface area contributed by atoms with E-state index >= 15 is 0 Å². The summed E-state index contributed by atoms with van der Waals surface area (Å²) in [4.78, 5) is 14.2. The van der Waals surface area contributed by atoms with Crippen LogP contribution in [0.5, 0.6) is 0 Å². The lowest BCUT2D eigenvalue weighted by atomic mass is 10.1. The predicted octanol–water partition coefficient (Wildman–Crippen LogP) is 1.88. The molecule has 4 nitrogen and oxygen atoms in total. The quantitative estimate of drug-likeness (QED) is 0.793. The normalized spacial score (nSPS) is 15.9. The van der Waals surface area contributed by atoms with Gasteiger partial charge in [-0.1, -0.05) is 11.6 Å². The molecule has 92 valence electrons. The minimum absolute atomic E-state index is 0.0796. The Morgan fingerprint density at radius 2 is 2.29 bits per heavy atom. The van der Waals surface area contributed by atoms with Gasteiger partial charge in [0.2, 0.25) is 0 Å². The summed E-state index contributed by atoms with van der Waals surface area (Å²) in [7, 11) is 0. The molecule has 2 heterocycles. The van der Waals surface area contributed by atoms with E-state index in [1.54, 1.807) is 6.07 Å². The summed E-state index contributed by atoms with van der Waals surface area (Å²) < 4.78 is 1.91. The molecule has 2 rings (SSSR count). The van der Waals surface area contributed by atoms with Gasteiger partial charge in [-0.05, 0) is 26.3 Å². The Labute approximate surface area is 102 Å². The van der Waals surface area contributed by atoms with E-state index in [1.165, 1.54) is 5.57 Å². The number of nitrogens with zero attached hydrogens (tertiary/aromatic N) is 2. The monoisotopic (exact) mass is 233 g/mol. The Morgan fingerprint density at radius 3 is 2.94 bits per heavy atom. The molecule has 1 aliphatic rings. The second-order valence-corrected chi connectivity index (χ2v) is 4.51. The summed E-state index contributed by atoms with van der Waals surface area (Å²) in [5.74, 6) is 0.0796. The number of hydrogen-bond acceptors (Lipinski definition) is 2. The Bertz CT molecular complexity index is 459. The first-order chi connectivity index (χ1) is 8.11. The van der Waals surface area contributed by atoms with E-state index in [1.807, 2.05) is 22.6 Å². The number of aromatic nitrogens is 1. The highest BCUT2D eigenvalue weighted by molar-refractivity contribution is 5.94. The molecule has 17 heavy (non-hydrogen) atoms. The van der Waals surface area contributed by atoms with E-state index in [2.05, 4.69) is 13.0 Å². The molecule has 1 aliphatic heterocycles. The SMILES string of the molecule is CCn1cc(N)cc1C(=O)N1CCC=C(C)C1. The highest BCUT2D eigenvalue weighted by atomic mass is 16.2. The molecule has 4 heteroatoms. The van der Waals surface area contributed by atoms with Crippen molar-refractivity contribution in [2.45, 2.75) is 26.8 Å². The summed E-state index contributed by atoms with van der Waals surface area (Å²) >= 11 is 0. The summed E-state index contributed by atoms with van der Waals surface area (Å²) in [5.41, 5.74) is 8.35. The molecule has 1 aromatic rings. The van der Waals surface area contributed by atoms with Gasteiger partial charge in [0.15, 0.2) is 0 Å². The van der Waals surface area contributed by atoms with Crippen LogP contribution >= 0.6 is 0 Å². The van der Waals surface area contributed by atoms with Crippen molar-refractivity contribution in [3.05, 3.63) is 29.6 Å². The van der Waals surface area contributed by atoms with Gasteiger partial charge in [-0.2, -0.15) is 0 Å². The highest BCUT2D eigenvalue weighted by Gasteiger charge is 2.21. The molecule has 0 saturated carbocycles. The molecule has 0 spiro atoms. The minimum Gasteiger partial charge on any atom is -0.397 e. The number of carbonyl (C=O) groups is 1. The standard InChI is InChI=1S/C13H19N3O/c1-3-15-9-11(14)7-12(15)13(17)16-6-4-5-10(2)8-16/h5,7,9H,3-4,6,8,14H2,1-2H3. The maximum Gasteiger partial charge on any atom is 0.270 e. The number of aryl methyl sites for hydroxylation is 1. The molecule has 0 radical (unpaired) electrons. The van der Waals surface area contributed by atoms with Gasteiger partial charge in [-0.25, -0.2) is 0 Å². The summed E-state index contributed by atoms with van der Waals surface area (Å²) in [5, 5.41) is 0. The largest absolute Gasteiger partial charge is 0.397 e. The van der Waals surface area contributed by atoms with Crippen LogP contribution in [0.2, 0.25) is 0 Å². The Morgan fingerprint density at radius 1 is 1.53 bits per heavy atom. The lowest BCUT2D eigenvalue weighted by molar-refractivity contribution is 0.0755. The summed E-state index contributed by atoms with van der Waals surface area (Å²) in [6, 6.07) is 1.76. The fraction of sp³-hybridized carbons (Fsp3) is 0.462. The number of carbonyl (C=O) groups excluding carboxylic acids is 1. The lowest BCUT2D eigenvalue weighted by Gasteiger charge is -2.26. The first-order valence-corrected chi connectivity index (χ1v) is 6.02. The minimum atomic E-state index is 0.0796. The molecule has 0 unspecified atom stereocenters. The Balaban J connectivity index is 2.22. The molecule has 1 amide bonds. The van der Waals surface area contributed by atoms with Crippen LogP contribution < -0.4 is 5.73 Å². The van der Waals surface area contributed by atoms with Gasteiger partial charge in [0.05, 0.1) is 5.69 Å². The third-order valence-corrected chi connectivity index (χ3v) is 3.10. The zero-order valence-electron chi connectivity index (χ0n) is 10.4. The maximum absolute atomic E-state index is 12.4. The molecule has 0 fully saturated rings. The van der Waals surface area contributed by atoms with E-state index < -0.39 is 0 Å². The number of nitrogen functional groups attached to an aromatic ring is 1. The topological polar surface area (TPSA) is 51.3 Å². The number of rotatable bonds is 2. The van der Waals surface area contributed by atoms with Crippen LogP contribution in [-0.4, -0.2) is 28.5 Å². The summed E-state index contributed by atoms with van der Waals surface area (Å²) in [6.45, 7) is 6.36. The molecule has 0 aromatic carbocycles. The fourth-order valence-electron chi connectivity index (χ4n) is 2.22. The van der Waals surface area contributed by atoms with Crippen LogP contribution in [-0.2, 0) is 6.54 Å². The van der Waals surface area contributed by atoms with Crippen molar-refractivity contribution >= 4 is 11.6 Å². The van der Waals surface area contributed by atoms with Gasteiger partial charge in [0.1, 0.15) is 5.69 Å². The second kappa shape index (κ2) is 4.65. The molecule has 0 atom stereocenters. The first kappa shape index (κ1) is 11.8. The third-order valence-electron chi connectivity index (χ3n) is 3.10. The summed E-state index contributed by atoms with van der Waals surface area (Å²) in [6.07, 6.45) is 4.96. The predicted molar refractivity (Wildman–Crippen MR) is 68.8 cm³/mol. The highest BCUT2D eigenvalue weighted by Crippen LogP contribution is 2.16. The van der Waals surface area contributed by atoms with E-state index in [0.29, 0.717) is 11.4 Å². The van der Waals surface area contributed by atoms with Gasteiger partial charge in [-0.15, -0.1) is 0 Å². The van der Waals surface area contributed by atoms with Crippen LogP contribution in [0.15, 0.2) is 23.9 Å². The molecule has 0 aliphatic carbocycles. The molecule has 0 saturated heterocycles. The Kier molecular flexibility index (Phi) is 3.22. The zero-order chi connectivity index (χ0) is 12.4. The van der Waals surface area contributed by atoms with Crippen LogP contribution in [0, 0.1) is 0 Å². The molecule has 1 aromatic heterocycles. The van der Waals surface area contributed by atoms with Gasteiger partial charge in [0.25, 0.3) is 5.91 Å². The number of anilines is 1. The molecule has 0 bridgehead atoms. The van der Waals surface area contributed by atoms with Crippen molar-refractivity contribution < 1.29 is 4.79 Å². The smallest absolute Gasteiger partial charge is 0.270 e. The van der Waals surface area contributed by atoms with E-state index in [0.717, 1.165) is 26.1 Å². The average molecular weight is 233 g/mol. The molecule has 2 N–H and O–H groups in total. The van der Waals surface area contributed by atoms with Crippen molar-refractivity contribution in [3.63, 3.8) is 0 Å².